The highest BCUT2D eigenvalue weighted by Crippen LogP contribution is 2.24. The molecule has 1 N–H and O–H groups in total. The number of nitrogens with zero attached hydrogens (tertiary/aromatic N) is 1. The first kappa shape index (κ1) is 18.2. The number of ether oxygens (including phenoxy) is 1. The Labute approximate surface area is 148 Å². The third kappa shape index (κ3) is 4.03. The third-order valence-electron chi connectivity index (χ3n) is 3.51. The standard InChI is InChI=1S/C17H19BrN2O4/c1-5-13-15(10(3)24-20-13)17(22)23-11(4)16(21)19-14-7-6-9(2)8-12(14)18/h6-8,11H,5H2,1-4H3,(H,19,21)/t11-/m0/s1. The minimum atomic E-state index is -0.954. The maximum Gasteiger partial charge on any atom is 0.344 e. The molecule has 1 aromatic carbocycles. The number of benzene rings is 1. The number of hydrogen-bond acceptors (Lipinski definition) is 5. The molecule has 0 aliphatic carbocycles. The summed E-state index contributed by atoms with van der Waals surface area (Å²) < 4.78 is 11.0. The van der Waals surface area contributed by atoms with Crippen LogP contribution in [0, 0.1) is 13.8 Å². The van der Waals surface area contributed by atoms with E-state index in [1.54, 1.807) is 13.0 Å². The van der Waals surface area contributed by atoms with Gasteiger partial charge in [0.1, 0.15) is 11.3 Å². The Hall–Kier alpha value is -2.15. The van der Waals surface area contributed by atoms with E-state index in [4.69, 9.17) is 9.26 Å². The van der Waals surface area contributed by atoms with Gasteiger partial charge in [0, 0.05) is 4.47 Å². The SMILES string of the molecule is CCc1noc(C)c1C(=O)O[C@@H](C)C(=O)Nc1ccc(C)cc1Br. The summed E-state index contributed by atoms with van der Waals surface area (Å²) in [7, 11) is 0. The summed E-state index contributed by atoms with van der Waals surface area (Å²) in [5.74, 6) is -0.651. The van der Waals surface area contributed by atoms with E-state index in [2.05, 4.69) is 26.4 Å². The number of halogens is 1. The monoisotopic (exact) mass is 394 g/mol. The Bertz CT molecular complexity index is 770. The van der Waals surface area contributed by atoms with Gasteiger partial charge >= 0.3 is 5.97 Å². The highest BCUT2D eigenvalue weighted by molar-refractivity contribution is 9.10. The molecule has 1 amide bonds. The number of hydrogen-bond donors (Lipinski definition) is 1. The molecule has 0 bridgehead atoms. The molecule has 0 fully saturated rings. The van der Waals surface area contributed by atoms with Crippen molar-refractivity contribution in [2.45, 2.75) is 40.2 Å². The quantitative estimate of drug-likeness (QED) is 0.779. The van der Waals surface area contributed by atoms with Crippen molar-refractivity contribution in [3.63, 3.8) is 0 Å². The molecule has 0 radical (unpaired) electrons. The lowest BCUT2D eigenvalue weighted by Gasteiger charge is -2.14. The minimum Gasteiger partial charge on any atom is -0.449 e. The predicted molar refractivity (Wildman–Crippen MR) is 93.0 cm³/mol. The van der Waals surface area contributed by atoms with Gasteiger partial charge in [-0.05, 0) is 60.8 Å². The first-order valence-electron chi connectivity index (χ1n) is 7.56. The van der Waals surface area contributed by atoms with Crippen LogP contribution in [-0.2, 0) is 16.0 Å². The average Bonchev–Trinajstić information content (AvgIpc) is 2.90. The number of carbonyl (C=O) groups excluding carboxylic acids is 2. The fourth-order valence-corrected chi connectivity index (χ4v) is 2.74. The van der Waals surface area contributed by atoms with Crippen molar-refractivity contribution in [3.05, 3.63) is 45.3 Å². The summed E-state index contributed by atoms with van der Waals surface area (Å²) in [5, 5.41) is 6.54. The van der Waals surface area contributed by atoms with E-state index in [1.807, 2.05) is 26.0 Å². The first-order chi connectivity index (χ1) is 11.3. The second kappa shape index (κ2) is 7.61. The molecule has 7 heteroatoms. The number of aromatic nitrogens is 1. The number of esters is 1. The Morgan fingerprint density at radius 2 is 2.08 bits per heavy atom. The fraction of sp³-hybridized carbons (Fsp3) is 0.353. The van der Waals surface area contributed by atoms with Gasteiger partial charge < -0.3 is 14.6 Å². The predicted octanol–water partition coefficient (Wildman–Crippen LogP) is 3.80. The molecule has 6 nitrogen and oxygen atoms in total. The second-order valence-corrected chi connectivity index (χ2v) is 6.29. The van der Waals surface area contributed by atoms with Gasteiger partial charge in [0.2, 0.25) is 0 Å². The van der Waals surface area contributed by atoms with Crippen LogP contribution >= 0.6 is 15.9 Å². The van der Waals surface area contributed by atoms with E-state index in [-0.39, 0.29) is 5.56 Å². The number of anilines is 1. The zero-order valence-electron chi connectivity index (χ0n) is 14.0. The van der Waals surface area contributed by atoms with E-state index >= 15 is 0 Å². The molecule has 0 aliphatic heterocycles. The smallest absolute Gasteiger partial charge is 0.344 e. The number of rotatable bonds is 5. The maximum absolute atomic E-state index is 12.3. The Morgan fingerprint density at radius 3 is 2.71 bits per heavy atom. The molecule has 2 aromatic rings. The number of amides is 1. The van der Waals surface area contributed by atoms with Crippen molar-refractivity contribution in [2.24, 2.45) is 0 Å². The van der Waals surface area contributed by atoms with Gasteiger partial charge in [-0.25, -0.2) is 4.79 Å². The normalized spacial score (nSPS) is 11.9. The van der Waals surface area contributed by atoms with Crippen LogP contribution < -0.4 is 5.32 Å². The molecule has 0 saturated heterocycles. The van der Waals surface area contributed by atoms with Crippen molar-refractivity contribution >= 4 is 33.5 Å². The van der Waals surface area contributed by atoms with E-state index in [9.17, 15) is 9.59 Å². The lowest BCUT2D eigenvalue weighted by atomic mass is 10.1. The fourth-order valence-electron chi connectivity index (χ4n) is 2.15. The topological polar surface area (TPSA) is 81.4 Å². The van der Waals surface area contributed by atoms with E-state index < -0.39 is 18.0 Å². The number of carbonyl (C=O) groups is 2. The molecule has 24 heavy (non-hydrogen) atoms. The van der Waals surface area contributed by atoms with E-state index in [0.717, 1.165) is 10.0 Å². The van der Waals surface area contributed by atoms with Crippen molar-refractivity contribution in [3.8, 4) is 0 Å². The van der Waals surface area contributed by atoms with Crippen LogP contribution in [0.4, 0.5) is 5.69 Å². The molecule has 0 spiro atoms. The zero-order chi connectivity index (χ0) is 17.9. The first-order valence-corrected chi connectivity index (χ1v) is 8.36. The van der Waals surface area contributed by atoms with Gasteiger partial charge in [-0.2, -0.15) is 0 Å². The summed E-state index contributed by atoms with van der Waals surface area (Å²) in [6.07, 6.45) is -0.414. The summed E-state index contributed by atoms with van der Waals surface area (Å²) >= 11 is 3.39. The minimum absolute atomic E-state index is 0.286. The van der Waals surface area contributed by atoms with Gasteiger partial charge in [-0.3, -0.25) is 4.79 Å². The second-order valence-electron chi connectivity index (χ2n) is 5.43. The van der Waals surface area contributed by atoms with Crippen LogP contribution in [0.5, 0.6) is 0 Å². The van der Waals surface area contributed by atoms with Crippen LogP contribution in [0.25, 0.3) is 0 Å². The van der Waals surface area contributed by atoms with Crippen LogP contribution in [-0.4, -0.2) is 23.1 Å². The Kier molecular flexibility index (Phi) is 5.77. The molecule has 128 valence electrons. The molecule has 1 aromatic heterocycles. The average molecular weight is 395 g/mol. The third-order valence-corrected chi connectivity index (χ3v) is 4.16. The molecule has 0 unspecified atom stereocenters. The van der Waals surface area contributed by atoms with Crippen LogP contribution in [0.15, 0.2) is 27.2 Å². The molecular weight excluding hydrogens is 376 g/mol. The highest BCUT2D eigenvalue weighted by atomic mass is 79.9. The molecular formula is C17H19BrN2O4. The van der Waals surface area contributed by atoms with Gasteiger partial charge in [0.25, 0.3) is 5.91 Å². The summed E-state index contributed by atoms with van der Waals surface area (Å²) in [4.78, 5) is 24.5. The maximum atomic E-state index is 12.3. The molecule has 0 saturated carbocycles. The summed E-state index contributed by atoms with van der Waals surface area (Å²) in [5.41, 5.74) is 2.48. The van der Waals surface area contributed by atoms with Gasteiger partial charge in [-0.15, -0.1) is 0 Å². The molecule has 1 heterocycles. The van der Waals surface area contributed by atoms with Crippen molar-refractivity contribution < 1.29 is 18.8 Å². The van der Waals surface area contributed by atoms with Crippen LogP contribution in [0.1, 0.15) is 41.2 Å². The Balaban J connectivity index is 2.06. The van der Waals surface area contributed by atoms with Crippen LogP contribution in [0.3, 0.4) is 0 Å². The van der Waals surface area contributed by atoms with E-state index in [1.165, 1.54) is 6.92 Å². The highest BCUT2D eigenvalue weighted by Gasteiger charge is 2.25. The van der Waals surface area contributed by atoms with E-state index in [0.29, 0.717) is 23.6 Å². The van der Waals surface area contributed by atoms with Gasteiger partial charge in [0.05, 0.1) is 11.4 Å². The lowest BCUT2D eigenvalue weighted by molar-refractivity contribution is -0.123. The van der Waals surface area contributed by atoms with Gasteiger partial charge in [0.15, 0.2) is 6.10 Å². The summed E-state index contributed by atoms with van der Waals surface area (Å²) in [6, 6.07) is 5.55. The largest absolute Gasteiger partial charge is 0.449 e. The Morgan fingerprint density at radius 1 is 1.38 bits per heavy atom. The van der Waals surface area contributed by atoms with Crippen molar-refractivity contribution in [1.82, 2.24) is 5.16 Å². The number of aryl methyl sites for hydroxylation is 3. The lowest BCUT2D eigenvalue weighted by Crippen LogP contribution is -2.30. The zero-order valence-corrected chi connectivity index (χ0v) is 15.6. The van der Waals surface area contributed by atoms with Crippen molar-refractivity contribution in [2.75, 3.05) is 5.32 Å². The molecule has 2 rings (SSSR count). The molecule has 0 aliphatic rings. The number of nitrogens with one attached hydrogen (secondary N) is 1. The molecule has 1 atom stereocenters. The van der Waals surface area contributed by atoms with Crippen LogP contribution in [0.2, 0.25) is 0 Å². The van der Waals surface area contributed by atoms with Crippen molar-refractivity contribution in [1.29, 1.82) is 0 Å². The van der Waals surface area contributed by atoms with Gasteiger partial charge in [-0.1, -0.05) is 18.1 Å². The summed E-state index contributed by atoms with van der Waals surface area (Å²) in [6.45, 7) is 6.97.